The predicted octanol–water partition coefficient (Wildman–Crippen LogP) is 0.961. The maximum absolute atomic E-state index is 12.3. The van der Waals surface area contributed by atoms with Crippen molar-refractivity contribution in [3.8, 4) is 0 Å². The minimum atomic E-state index is 0.0792. The first-order valence-corrected chi connectivity index (χ1v) is 7.20. The number of rotatable bonds is 2. The van der Waals surface area contributed by atoms with Gasteiger partial charge in [-0.05, 0) is 25.9 Å². The number of amides is 1. The van der Waals surface area contributed by atoms with Gasteiger partial charge in [0.05, 0.1) is 0 Å². The number of aromatic nitrogens is 1. The average molecular weight is 266 g/mol. The number of nitrogens with zero attached hydrogens (tertiary/aromatic N) is 3. The zero-order chi connectivity index (χ0) is 12.7. The lowest BCUT2D eigenvalue weighted by molar-refractivity contribution is 0.0770. The second-order valence-corrected chi connectivity index (χ2v) is 5.95. The van der Waals surface area contributed by atoms with Crippen LogP contribution < -0.4 is 5.32 Å². The first-order valence-electron chi connectivity index (χ1n) is 6.32. The van der Waals surface area contributed by atoms with Gasteiger partial charge in [0, 0.05) is 31.6 Å². The Morgan fingerprint density at radius 3 is 3.06 bits per heavy atom. The fourth-order valence-electron chi connectivity index (χ4n) is 2.99. The molecule has 2 fully saturated rings. The van der Waals surface area contributed by atoms with Crippen LogP contribution in [0.4, 0.5) is 5.13 Å². The number of carbonyl (C=O) groups is 1. The molecule has 2 aliphatic heterocycles. The van der Waals surface area contributed by atoms with Crippen LogP contribution in [0.25, 0.3) is 0 Å². The monoisotopic (exact) mass is 266 g/mol. The van der Waals surface area contributed by atoms with E-state index in [1.165, 1.54) is 17.8 Å². The third-order valence-corrected chi connectivity index (χ3v) is 4.91. The maximum Gasteiger partial charge on any atom is 0.273 e. The Hall–Kier alpha value is -1.14. The number of nitrogens with one attached hydrogen (secondary N) is 1. The van der Waals surface area contributed by atoms with E-state index in [2.05, 4.69) is 22.2 Å². The number of likely N-dealkylation sites (N-methyl/N-ethyl adjacent to an activating group) is 1. The molecule has 1 aromatic rings. The summed E-state index contributed by atoms with van der Waals surface area (Å²) in [5.74, 6) is 0.733. The number of likely N-dealkylation sites (tertiary alicyclic amines) is 2. The number of carbonyl (C=O) groups excluding carboxylic acids is 1. The lowest BCUT2D eigenvalue weighted by Crippen LogP contribution is -2.35. The van der Waals surface area contributed by atoms with E-state index in [1.54, 1.807) is 0 Å². The second kappa shape index (κ2) is 4.51. The highest BCUT2D eigenvalue weighted by Crippen LogP contribution is 2.31. The lowest BCUT2D eigenvalue weighted by Gasteiger charge is -2.20. The summed E-state index contributed by atoms with van der Waals surface area (Å²) in [6.07, 6.45) is 1.21. The highest BCUT2D eigenvalue weighted by molar-refractivity contribution is 7.13. The van der Waals surface area contributed by atoms with Crippen LogP contribution in [0.1, 0.15) is 16.9 Å². The van der Waals surface area contributed by atoms with Crippen molar-refractivity contribution in [1.29, 1.82) is 0 Å². The van der Waals surface area contributed by atoms with Crippen LogP contribution in [-0.2, 0) is 0 Å². The highest BCUT2D eigenvalue weighted by Gasteiger charge is 2.41. The molecule has 0 radical (unpaired) electrons. The van der Waals surface area contributed by atoms with Crippen LogP contribution >= 0.6 is 11.3 Å². The molecule has 5 nitrogen and oxygen atoms in total. The molecule has 3 heterocycles. The summed E-state index contributed by atoms with van der Waals surface area (Å²) in [7, 11) is 3.98. The second-order valence-electron chi connectivity index (χ2n) is 5.09. The molecule has 0 bridgehead atoms. The van der Waals surface area contributed by atoms with Gasteiger partial charge in [0.2, 0.25) is 0 Å². The zero-order valence-corrected chi connectivity index (χ0v) is 11.5. The fraction of sp³-hybridized carbons (Fsp3) is 0.667. The molecule has 2 aliphatic rings. The summed E-state index contributed by atoms with van der Waals surface area (Å²) in [5, 5.41) is 5.61. The molecule has 0 spiro atoms. The molecule has 0 unspecified atom stereocenters. The Labute approximate surface area is 111 Å². The number of hydrogen-bond acceptors (Lipinski definition) is 5. The van der Waals surface area contributed by atoms with E-state index in [0.29, 0.717) is 17.7 Å². The number of thiazole rings is 1. The van der Waals surface area contributed by atoms with Crippen LogP contribution in [0.3, 0.4) is 0 Å². The molecule has 98 valence electrons. The van der Waals surface area contributed by atoms with Gasteiger partial charge in [-0.2, -0.15) is 0 Å². The summed E-state index contributed by atoms with van der Waals surface area (Å²) in [4.78, 5) is 21.0. The molecule has 18 heavy (non-hydrogen) atoms. The molecule has 0 aromatic carbocycles. The van der Waals surface area contributed by atoms with E-state index < -0.39 is 0 Å². The van der Waals surface area contributed by atoms with Crippen LogP contribution in [0.15, 0.2) is 5.38 Å². The van der Waals surface area contributed by atoms with E-state index in [9.17, 15) is 4.79 Å². The van der Waals surface area contributed by atoms with E-state index in [-0.39, 0.29) is 5.91 Å². The highest BCUT2D eigenvalue weighted by atomic mass is 32.1. The maximum atomic E-state index is 12.3. The van der Waals surface area contributed by atoms with E-state index in [4.69, 9.17) is 0 Å². The summed E-state index contributed by atoms with van der Waals surface area (Å²) < 4.78 is 0. The van der Waals surface area contributed by atoms with Crippen molar-refractivity contribution in [2.24, 2.45) is 5.92 Å². The van der Waals surface area contributed by atoms with Gasteiger partial charge < -0.3 is 15.1 Å². The van der Waals surface area contributed by atoms with Gasteiger partial charge in [-0.1, -0.05) is 0 Å². The largest absolute Gasteiger partial charge is 0.365 e. The fourth-order valence-corrected chi connectivity index (χ4v) is 3.63. The topological polar surface area (TPSA) is 48.5 Å². The van der Waals surface area contributed by atoms with Crippen molar-refractivity contribution in [2.75, 3.05) is 39.0 Å². The van der Waals surface area contributed by atoms with Gasteiger partial charge in [-0.25, -0.2) is 4.98 Å². The van der Waals surface area contributed by atoms with Gasteiger partial charge in [-0.3, -0.25) is 4.79 Å². The normalized spacial score (nSPS) is 27.6. The van der Waals surface area contributed by atoms with Gasteiger partial charge in [-0.15, -0.1) is 11.3 Å². The van der Waals surface area contributed by atoms with Crippen molar-refractivity contribution in [2.45, 2.75) is 12.5 Å². The zero-order valence-electron chi connectivity index (χ0n) is 10.7. The molecule has 6 heteroatoms. The average Bonchev–Trinajstić information content (AvgIpc) is 3.06. The van der Waals surface area contributed by atoms with Gasteiger partial charge >= 0.3 is 0 Å². The van der Waals surface area contributed by atoms with Crippen LogP contribution in [-0.4, -0.2) is 60.5 Å². The number of hydrogen-bond donors (Lipinski definition) is 1. The lowest BCUT2D eigenvalue weighted by atomic mass is 10.1. The van der Waals surface area contributed by atoms with E-state index in [1.807, 2.05) is 17.3 Å². The Balaban J connectivity index is 1.71. The first-order chi connectivity index (χ1) is 8.69. The number of anilines is 1. The van der Waals surface area contributed by atoms with Crippen molar-refractivity contribution < 1.29 is 4.79 Å². The third kappa shape index (κ3) is 1.89. The smallest absolute Gasteiger partial charge is 0.273 e. The van der Waals surface area contributed by atoms with Crippen molar-refractivity contribution in [3.63, 3.8) is 0 Å². The molecule has 1 aromatic heterocycles. The minimum absolute atomic E-state index is 0.0792. The van der Waals surface area contributed by atoms with Gasteiger partial charge in [0.15, 0.2) is 5.13 Å². The van der Waals surface area contributed by atoms with Crippen LogP contribution in [0.5, 0.6) is 0 Å². The Kier molecular flexibility index (Phi) is 2.99. The standard InChI is InChI=1S/C12H18N4OS/c1-13-12-14-9(7-18-12)11(17)16-5-8-3-4-15(2)10(8)6-16/h7-8,10H,3-6H2,1-2H3,(H,13,14)/t8-,10+/m0/s1. The van der Waals surface area contributed by atoms with Crippen molar-refractivity contribution in [3.05, 3.63) is 11.1 Å². The molecule has 1 amide bonds. The molecule has 0 saturated carbocycles. The van der Waals surface area contributed by atoms with Crippen LogP contribution in [0, 0.1) is 5.92 Å². The van der Waals surface area contributed by atoms with E-state index >= 15 is 0 Å². The SMILES string of the molecule is CNc1nc(C(=O)N2C[C@@H]3CCN(C)[C@@H]3C2)cs1. The Morgan fingerprint density at radius 1 is 1.56 bits per heavy atom. The summed E-state index contributed by atoms with van der Waals surface area (Å²) >= 11 is 1.48. The third-order valence-electron chi connectivity index (χ3n) is 4.05. The molecular weight excluding hydrogens is 248 g/mol. The van der Waals surface area contributed by atoms with Crippen LogP contribution in [0.2, 0.25) is 0 Å². The molecule has 2 atom stereocenters. The Morgan fingerprint density at radius 2 is 2.39 bits per heavy atom. The quantitative estimate of drug-likeness (QED) is 0.866. The first kappa shape index (κ1) is 11.9. The number of fused-ring (bicyclic) bond motifs is 1. The minimum Gasteiger partial charge on any atom is -0.365 e. The summed E-state index contributed by atoms with van der Waals surface area (Å²) in [6.45, 7) is 2.91. The van der Waals surface area contributed by atoms with Crippen molar-refractivity contribution >= 4 is 22.4 Å². The predicted molar refractivity (Wildman–Crippen MR) is 72.1 cm³/mol. The molecular formula is C12H18N4OS. The van der Waals surface area contributed by atoms with Gasteiger partial charge in [0.1, 0.15) is 5.69 Å². The van der Waals surface area contributed by atoms with Crippen molar-refractivity contribution in [1.82, 2.24) is 14.8 Å². The molecule has 1 N–H and O–H groups in total. The van der Waals surface area contributed by atoms with E-state index in [0.717, 1.165) is 24.8 Å². The summed E-state index contributed by atoms with van der Waals surface area (Å²) in [6, 6.07) is 0.552. The molecule has 2 saturated heterocycles. The molecule has 3 rings (SSSR count). The summed E-state index contributed by atoms with van der Waals surface area (Å²) in [5.41, 5.74) is 0.576. The van der Waals surface area contributed by atoms with Gasteiger partial charge in [0.25, 0.3) is 5.91 Å². The molecule has 0 aliphatic carbocycles. The Bertz CT molecular complexity index is 461.